The first-order valence-electron chi connectivity index (χ1n) is 4.19. The second-order valence-corrected chi connectivity index (χ2v) is 3.68. The Labute approximate surface area is 108 Å². The molecule has 0 atom stereocenters. The third kappa shape index (κ3) is 2.65. The molecule has 0 aliphatic rings. The SMILES string of the molecule is Cl.NCc1nc(-c2cc(Cl)ccc2Cl)no1. The van der Waals surface area contributed by atoms with Gasteiger partial charge in [0.25, 0.3) is 0 Å². The van der Waals surface area contributed by atoms with Gasteiger partial charge in [-0.3, -0.25) is 0 Å². The molecule has 0 amide bonds. The lowest BCUT2D eigenvalue weighted by atomic mass is 10.2. The van der Waals surface area contributed by atoms with Crippen LogP contribution in [0.2, 0.25) is 10.0 Å². The number of halogens is 3. The van der Waals surface area contributed by atoms with Crippen molar-refractivity contribution in [2.45, 2.75) is 6.54 Å². The highest BCUT2D eigenvalue weighted by atomic mass is 35.5. The van der Waals surface area contributed by atoms with Gasteiger partial charge < -0.3 is 10.3 Å². The van der Waals surface area contributed by atoms with Crippen LogP contribution in [0.5, 0.6) is 0 Å². The number of benzene rings is 1. The van der Waals surface area contributed by atoms with Gasteiger partial charge in [-0.05, 0) is 18.2 Å². The molecule has 1 aromatic heterocycles. The standard InChI is InChI=1S/C9H7Cl2N3O.ClH/c10-5-1-2-7(11)6(3-5)9-13-8(4-12)15-14-9;/h1-3H,4,12H2;1H. The highest BCUT2D eigenvalue weighted by Gasteiger charge is 2.11. The molecule has 16 heavy (non-hydrogen) atoms. The van der Waals surface area contributed by atoms with Gasteiger partial charge in [-0.2, -0.15) is 4.98 Å². The Bertz CT molecular complexity index is 487. The average Bonchev–Trinajstić information content (AvgIpc) is 2.70. The van der Waals surface area contributed by atoms with Crippen molar-refractivity contribution in [1.29, 1.82) is 0 Å². The fourth-order valence-electron chi connectivity index (χ4n) is 1.12. The zero-order valence-corrected chi connectivity index (χ0v) is 10.3. The van der Waals surface area contributed by atoms with Crippen molar-refractivity contribution in [3.05, 3.63) is 34.1 Å². The number of nitrogens with zero attached hydrogens (tertiary/aromatic N) is 2. The maximum absolute atomic E-state index is 5.97. The maximum Gasteiger partial charge on any atom is 0.240 e. The number of hydrogen-bond acceptors (Lipinski definition) is 4. The fourth-order valence-corrected chi connectivity index (χ4v) is 1.49. The lowest BCUT2D eigenvalue weighted by Crippen LogP contribution is -1.95. The summed E-state index contributed by atoms with van der Waals surface area (Å²) in [6.07, 6.45) is 0. The average molecular weight is 281 g/mol. The summed E-state index contributed by atoms with van der Waals surface area (Å²) in [5.74, 6) is 0.754. The number of hydrogen-bond donors (Lipinski definition) is 1. The van der Waals surface area contributed by atoms with Crippen LogP contribution in [-0.4, -0.2) is 10.1 Å². The van der Waals surface area contributed by atoms with E-state index in [1.165, 1.54) is 0 Å². The molecular formula is C9H8Cl3N3O. The van der Waals surface area contributed by atoms with Gasteiger partial charge in [-0.1, -0.05) is 28.4 Å². The van der Waals surface area contributed by atoms with E-state index in [4.69, 9.17) is 33.5 Å². The van der Waals surface area contributed by atoms with Gasteiger partial charge in [0.2, 0.25) is 11.7 Å². The molecule has 0 radical (unpaired) electrons. The molecule has 1 aromatic carbocycles. The van der Waals surface area contributed by atoms with Crippen LogP contribution in [-0.2, 0) is 6.54 Å². The van der Waals surface area contributed by atoms with Gasteiger partial charge in [0.05, 0.1) is 11.6 Å². The van der Waals surface area contributed by atoms with Crippen molar-refractivity contribution in [3.8, 4) is 11.4 Å². The molecule has 0 bridgehead atoms. The minimum Gasteiger partial charge on any atom is -0.338 e. The van der Waals surface area contributed by atoms with Gasteiger partial charge in [-0.15, -0.1) is 12.4 Å². The lowest BCUT2D eigenvalue weighted by molar-refractivity contribution is 0.380. The predicted octanol–water partition coefficient (Wildman–Crippen LogP) is 2.92. The van der Waals surface area contributed by atoms with Crippen molar-refractivity contribution in [3.63, 3.8) is 0 Å². The van der Waals surface area contributed by atoms with Crippen LogP contribution in [0.1, 0.15) is 5.89 Å². The monoisotopic (exact) mass is 279 g/mol. The predicted molar refractivity (Wildman–Crippen MR) is 64.9 cm³/mol. The van der Waals surface area contributed by atoms with Crippen LogP contribution in [0.25, 0.3) is 11.4 Å². The third-order valence-electron chi connectivity index (χ3n) is 1.81. The van der Waals surface area contributed by atoms with Crippen molar-refractivity contribution in [2.75, 3.05) is 0 Å². The van der Waals surface area contributed by atoms with Crippen molar-refractivity contribution in [2.24, 2.45) is 5.73 Å². The molecule has 0 aliphatic heterocycles. The van der Waals surface area contributed by atoms with E-state index in [2.05, 4.69) is 10.1 Å². The number of aromatic nitrogens is 2. The van der Waals surface area contributed by atoms with Gasteiger partial charge in [-0.25, -0.2) is 0 Å². The summed E-state index contributed by atoms with van der Waals surface area (Å²) in [7, 11) is 0. The Hall–Kier alpha value is -0.810. The van der Waals surface area contributed by atoms with E-state index in [0.717, 1.165) is 0 Å². The van der Waals surface area contributed by atoms with Crippen molar-refractivity contribution in [1.82, 2.24) is 10.1 Å². The molecule has 0 aliphatic carbocycles. The van der Waals surface area contributed by atoms with E-state index < -0.39 is 0 Å². The van der Waals surface area contributed by atoms with Gasteiger partial charge in [0, 0.05) is 10.6 Å². The summed E-state index contributed by atoms with van der Waals surface area (Å²) in [5.41, 5.74) is 5.99. The number of rotatable bonds is 2. The Balaban J connectivity index is 0.00000128. The minimum atomic E-state index is 0. The summed E-state index contributed by atoms with van der Waals surface area (Å²) >= 11 is 11.8. The second-order valence-electron chi connectivity index (χ2n) is 2.84. The molecule has 2 N–H and O–H groups in total. The van der Waals surface area contributed by atoms with Crippen LogP contribution in [0.3, 0.4) is 0 Å². The van der Waals surface area contributed by atoms with Crippen molar-refractivity contribution >= 4 is 35.6 Å². The summed E-state index contributed by atoms with van der Waals surface area (Å²) in [6, 6.07) is 5.05. The van der Waals surface area contributed by atoms with E-state index >= 15 is 0 Å². The molecule has 0 saturated heterocycles. The first kappa shape index (κ1) is 13.3. The normalized spacial score (nSPS) is 9.94. The molecule has 1 heterocycles. The van der Waals surface area contributed by atoms with E-state index in [0.29, 0.717) is 27.3 Å². The van der Waals surface area contributed by atoms with Gasteiger partial charge in [0.1, 0.15) is 0 Å². The highest BCUT2D eigenvalue weighted by Crippen LogP contribution is 2.28. The summed E-state index contributed by atoms with van der Waals surface area (Å²) in [4.78, 5) is 4.06. The molecular weight excluding hydrogens is 272 g/mol. The van der Waals surface area contributed by atoms with Gasteiger partial charge >= 0.3 is 0 Å². The maximum atomic E-state index is 5.97. The topological polar surface area (TPSA) is 64.9 Å². The van der Waals surface area contributed by atoms with Crippen LogP contribution >= 0.6 is 35.6 Å². The van der Waals surface area contributed by atoms with Crippen LogP contribution in [0.4, 0.5) is 0 Å². The Morgan fingerprint density at radius 1 is 1.31 bits per heavy atom. The van der Waals surface area contributed by atoms with E-state index in [1.807, 2.05) is 0 Å². The zero-order chi connectivity index (χ0) is 10.8. The van der Waals surface area contributed by atoms with Crippen LogP contribution in [0.15, 0.2) is 22.7 Å². The first-order chi connectivity index (χ1) is 7.20. The summed E-state index contributed by atoms with van der Waals surface area (Å²) < 4.78 is 4.88. The molecule has 4 nitrogen and oxygen atoms in total. The molecule has 2 rings (SSSR count). The minimum absolute atomic E-state index is 0. The van der Waals surface area contributed by atoms with Crippen LogP contribution in [0, 0.1) is 0 Å². The second kappa shape index (κ2) is 5.50. The molecule has 2 aromatic rings. The highest BCUT2D eigenvalue weighted by molar-refractivity contribution is 6.35. The number of nitrogens with two attached hydrogens (primary N) is 1. The largest absolute Gasteiger partial charge is 0.338 e. The Morgan fingerprint density at radius 3 is 2.69 bits per heavy atom. The third-order valence-corrected chi connectivity index (χ3v) is 2.38. The fraction of sp³-hybridized carbons (Fsp3) is 0.111. The zero-order valence-electron chi connectivity index (χ0n) is 7.98. The summed E-state index contributed by atoms with van der Waals surface area (Å²) in [6.45, 7) is 0.200. The molecule has 0 unspecified atom stereocenters. The molecule has 0 saturated carbocycles. The Morgan fingerprint density at radius 2 is 2.06 bits per heavy atom. The Kier molecular flexibility index (Phi) is 4.56. The molecule has 86 valence electrons. The van der Waals surface area contributed by atoms with Crippen molar-refractivity contribution < 1.29 is 4.52 Å². The lowest BCUT2D eigenvalue weighted by Gasteiger charge is -1.98. The van der Waals surface area contributed by atoms with E-state index in [1.54, 1.807) is 18.2 Å². The van der Waals surface area contributed by atoms with Crippen LogP contribution < -0.4 is 5.73 Å². The summed E-state index contributed by atoms with van der Waals surface area (Å²) in [5, 5.41) is 4.83. The van der Waals surface area contributed by atoms with E-state index in [9.17, 15) is 0 Å². The molecule has 0 spiro atoms. The molecule has 7 heteroatoms. The first-order valence-corrected chi connectivity index (χ1v) is 4.94. The molecule has 0 fully saturated rings. The van der Waals surface area contributed by atoms with E-state index in [-0.39, 0.29) is 19.0 Å². The quantitative estimate of drug-likeness (QED) is 0.918. The smallest absolute Gasteiger partial charge is 0.240 e. The van der Waals surface area contributed by atoms with Gasteiger partial charge in [0.15, 0.2) is 0 Å².